The van der Waals surface area contributed by atoms with Gasteiger partial charge >= 0.3 is 12.1 Å². The quantitative estimate of drug-likeness (QED) is 0.248. The monoisotopic (exact) mass is 461 g/mol. The summed E-state index contributed by atoms with van der Waals surface area (Å²) in [6, 6.07) is 2.54. The molecule has 28 heavy (non-hydrogen) atoms. The van der Waals surface area contributed by atoms with Crippen molar-refractivity contribution in [2.75, 3.05) is 24.7 Å². The van der Waals surface area contributed by atoms with Gasteiger partial charge in [-0.05, 0) is 18.2 Å². The zero-order valence-corrected chi connectivity index (χ0v) is 16.2. The number of alkyl halides is 3. The minimum absolute atomic E-state index is 0.117. The van der Waals surface area contributed by atoms with Crippen LogP contribution in [0.5, 0.6) is 5.75 Å². The van der Waals surface area contributed by atoms with Gasteiger partial charge in [0.25, 0.3) is 5.09 Å². The first kappa shape index (κ1) is 22.4. The van der Waals surface area contributed by atoms with Crippen molar-refractivity contribution in [3.8, 4) is 5.75 Å². The first-order chi connectivity index (χ1) is 13.1. The summed E-state index contributed by atoms with van der Waals surface area (Å²) in [6.45, 7) is -0.355. The molecular formula is C15H12Cl2F3NO6S. The Balaban J connectivity index is 2.04. The molecule has 0 fully saturated rings. The van der Waals surface area contributed by atoms with Gasteiger partial charge in [0.1, 0.15) is 19.0 Å². The molecule has 1 aliphatic rings. The maximum atomic E-state index is 13.3. The Labute approximate surface area is 170 Å². The molecular weight excluding hydrogens is 450 g/mol. The van der Waals surface area contributed by atoms with E-state index < -0.39 is 28.9 Å². The van der Waals surface area contributed by atoms with E-state index in [1.54, 1.807) is 0 Å². The van der Waals surface area contributed by atoms with E-state index in [0.717, 1.165) is 6.08 Å². The van der Waals surface area contributed by atoms with E-state index in [9.17, 15) is 28.1 Å². The average molecular weight is 462 g/mol. The molecule has 0 N–H and O–H groups in total. The largest absolute Gasteiger partial charge is 0.474 e. The number of hydrogen-bond acceptors (Lipinski definition) is 7. The average Bonchev–Trinajstić information content (AvgIpc) is 2.58. The van der Waals surface area contributed by atoms with Gasteiger partial charge in [0.05, 0.1) is 10.6 Å². The highest BCUT2D eigenvalue weighted by molar-refractivity contribution is 7.99. The van der Waals surface area contributed by atoms with Crippen molar-refractivity contribution in [2.45, 2.75) is 12.3 Å². The van der Waals surface area contributed by atoms with Crippen LogP contribution in [-0.2, 0) is 14.4 Å². The second-order valence-electron chi connectivity index (χ2n) is 5.25. The van der Waals surface area contributed by atoms with E-state index in [2.05, 4.69) is 4.84 Å². The second-order valence-corrected chi connectivity index (χ2v) is 7.32. The van der Waals surface area contributed by atoms with Crippen LogP contribution in [0.25, 0.3) is 6.08 Å². The van der Waals surface area contributed by atoms with Gasteiger partial charge in [0.15, 0.2) is 0 Å². The van der Waals surface area contributed by atoms with Crippen LogP contribution in [-0.4, -0.2) is 48.1 Å². The Morgan fingerprint density at radius 3 is 2.61 bits per heavy atom. The van der Waals surface area contributed by atoms with Gasteiger partial charge in [-0.2, -0.15) is 24.9 Å². The number of halogens is 5. The van der Waals surface area contributed by atoms with Crippen molar-refractivity contribution in [1.29, 1.82) is 0 Å². The third kappa shape index (κ3) is 6.08. The number of benzene rings is 1. The van der Waals surface area contributed by atoms with Crippen LogP contribution < -0.4 is 4.74 Å². The highest BCUT2D eigenvalue weighted by Crippen LogP contribution is 2.42. The summed E-state index contributed by atoms with van der Waals surface area (Å²) < 4.78 is 49.8. The molecule has 1 aromatic carbocycles. The summed E-state index contributed by atoms with van der Waals surface area (Å²) in [7, 11) is 0. The van der Waals surface area contributed by atoms with E-state index >= 15 is 0 Å². The zero-order chi connectivity index (χ0) is 20.9. The highest BCUT2D eigenvalue weighted by atomic mass is 35.5. The summed E-state index contributed by atoms with van der Waals surface area (Å²) in [5, 5.41) is 9.08. The Morgan fingerprint density at radius 2 is 1.96 bits per heavy atom. The van der Waals surface area contributed by atoms with Gasteiger partial charge in [-0.15, -0.1) is 10.1 Å². The number of thioether (sulfide) groups is 1. The zero-order valence-electron chi connectivity index (χ0n) is 13.8. The number of rotatable bonds is 8. The lowest BCUT2D eigenvalue weighted by molar-refractivity contribution is -0.756. The van der Waals surface area contributed by atoms with E-state index in [4.69, 9.17) is 32.7 Å². The number of esters is 1. The minimum atomic E-state index is -4.87. The smallest absolute Gasteiger partial charge is 0.430 e. The predicted octanol–water partition coefficient (Wildman–Crippen LogP) is 4.18. The number of fused-ring (bicyclic) bond motifs is 1. The molecule has 13 heteroatoms. The second kappa shape index (κ2) is 9.57. The fraction of sp³-hybridized carbons (Fsp3) is 0.400. The lowest BCUT2D eigenvalue weighted by Gasteiger charge is -2.28. The Kier molecular flexibility index (Phi) is 7.67. The molecule has 0 amide bonds. The van der Waals surface area contributed by atoms with Crippen LogP contribution in [0.3, 0.4) is 0 Å². The number of carbonyl (C=O) groups is 1. The molecule has 0 aromatic heterocycles. The molecule has 0 unspecified atom stereocenters. The third-order valence-corrected chi connectivity index (χ3v) is 4.69. The van der Waals surface area contributed by atoms with Gasteiger partial charge < -0.3 is 14.3 Å². The van der Waals surface area contributed by atoms with Crippen molar-refractivity contribution in [1.82, 2.24) is 0 Å². The first-order valence-electron chi connectivity index (χ1n) is 7.55. The van der Waals surface area contributed by atoms with Crippen LogP contribution in [0.15, 0.2) is 17.7 Å². The summed E-state index contributed by atoms with van der Waals surface area (Å²) in [5.74, 6) is -0.969. The third-order valence-electron chi connectivity index (χ3n) is 3.28. The first-order valence-corrected chi connectivity index (χ1v) is 9.47. The van der Waals surface area contributed by atoms with Gasteiger partial charge in [-0.3, -0.25) is 0 Å². The molecule has 1 atom stereocenters. The molecule has 0 spiro atoms. The normalized spacial score (nSPS) is 15.9. The molecule has 0 saturated heterocycles. The van der Waals surface area contributed by atoms with Crippen LogP contribution in [0.4, 0.5) is 13.2 Å². The van der Waals surface area contributed by atoms with Crippen LogP contribution in [0.2, 0.25) is 10.0 Å². The Bertz CT molecular complexity index is 790. The molecule has 0 bridgehead atoms. The van der Waals surface area contributed by atoms with Gasteiger partial charge in [-0.1, -0.05) is 23.2 Å². The molecule has 1 aromatic rings. The molecule has 0 saturated carbocycles. The molecule has 1 aliphatic heterocycles. The van der Waals surface area contributed by atoms with E-state index in [0.29, 0.717) is 0 Å². The molecule has 7 nitrogen and oxygen atoms in total. The molecule has 2 rings (SSSR count). The standard InChI is InChI=1S/C15H12Cl2F3NO6S/c16-9-5-8-6-10(13(15(18,19)20)27-12(8)11(17)7-9)14(22)25-1-3-28-4-2-26-21(23)24/h5-7,13H,1-4H2/t13-/m0/s1. The van der Waals surface area contributed by atoms with Crippen molar-refractivity contribution in [2.24, 2.45) is 0 Å². The van der Waals surface area contributed by atoms with Crippen LogP contribution >= 0.6 is 35.0 Å². The van der Waals surface area contributed by atoms with Gasteiger partial charge in [0.2, 0.25) is 6.10 Å². The minimum Gasteiger partial charge on any atom is -0.474 e. The molecule has 0 radical (unpaired) electrons. The molecule has 154 valence electrons. The maximum Gasteiger partial charge on any atom is 0.430 e. The fourth-order valence-electron chi connectivity index (χ4n) is 2.19. The number of hydrogen-bond donors (Lipinski definition) is 0. The lowest BCUT2D eigenvalue weighted by atomic mass is 10.0. The van der Waals surface area contributed by atoms with Crippen molar-refractivity contribution >= 4 is 47.0 Å². The molecule has 0 aliphatic carbocycles. The van der Waals surface area contributed by atoms with E-state index in [-0.39, 0.29) is 46.1 Å². The van der Waals surface area contributed by atoms with E-state index in [1.807, 2.05) is 0 Å². The summed E-state index contributed by atoms with van der Waals surface area (Å²) in [4.78, 5) is 26.2. The van der Waals surface area contributed by atoms with Gasteiger partial charge in [-0.25, -0.2) is 4.79 Å². The fourth-order valence-corrected chi connectivity index (χ4v) is 3.35. The maximum absolute atomic E-state index is 13.3. The summed E-state index contributed by atoms with van der Waals surface area (Å²) in [6.07, 6.45) is -6.43. The van der Waals surface area contributed by atoms with Crippen molar-refractivity contribution in [3.63, 3.8) is 0 Å². The Morgan fingerprint density at radius 1 is 1.29 bits per heavy atom. The number of ether oxygens (including phenoxy) is 2. The van der Waals surface area contributed by atoms with Crippen LogP contribution in [0.1, 0.15) is 5.56 Å². The van der Waals surface area contributed by atoms with Crippen molar-refractivity contribution < 1.29 is 37.4 Å². The van der Waals surface area contributed by atoms with Gasteiger partial charge in [0, 0.05) is 22.1 Å². The van der Waals surface area contributed by atoms with E-state index in [1.165, 1.54) is 23.9 Å². The highest BCUT2D eigenvalue weighted by Gasteiger charge is 2.49. The topological polar surface area (TPSA) is 87.9 Å². The van der Waals surface area contributed by atoms with Crippen LogP contribution in [0, 0.1) is 10.1 Å². The lowest BCUT2D eigenvalue weighted by Crippen LogP contribution is -2.41. The Hall–Kier alpha value is -1.85. The van der Waals surface area contributed by atoms with Crippen molar-refractivity contribution in [3.05, 3.63) is 43.4 Å². The molecule has 1 heterocycles. The SMILES string of the molecule is O=C(OCCSCCO[N+](=O)[O-])C1=Cc2cc(Cl)cc(Cl)c2O[C@@H]1C(F)(F)F. The predicted molar refractivity (Wildman–Crippen MR) is 96.1 cm³/mol. The summed E-state index contributed by atoms with van der Waals surface area (Å²) in [5.41, 5.74) is -0.615. The number of carbonyl (C=O) groups excluding carboxylic acids is 1. The summed E-state index contributed by atoms with van der Waals surface area (Å²) >= 11 is 12.9. The number of nitrogens with zero attached hydrogens (tertiary/aromatic N) is 1.